The number of benzene rings is 3. The molecule has 4 rings (SSSR count). The van der Waals surface area contributed by atoms with E-state index in [0.29, 0.717) is 11.4 Å². The molecule has 0 aliphatic heterocycles. The van der Waals surface area contributed by atoms with Crippen molar-refractivity contribution in [3.63, 3.8) is 0 Å². The van der Waals surface area contributed by atoms with E-state index < -0.39 is 12.3 Å². The largest absolute Gasteiger partial charge is 0.573 e. The van der Waals surface area contributed by atoms with Gasteiger partial charge in [0.15, 0.2) is 5.75 Å². The maximum Gasteiger partial charge on any atom is 0.573 e. The summed E-state index contributed by atoms with van der Waals surface area (Å²) in [5, 5.41) is 13.7. The van der Waals surface area contributed by atoms with Crippen molar-refractivity contribution in [3.8, 4) is 17.2 Å². The average molecular weight is 585 g/mol. The Morgan fingerprint density at radius 3 is 2.44 bits per heavy atom. The number of nitrogens with zero attached hydrogens (tertiary/aromatic N) is 2. The Hall–Kier alpha value is -3.92. The number of aryl methyl sites for hydroxylation is 1. The van der Waals surface area contributed by atoms with Crippen molar-refractivity contribution in [2.45, 2.75) is 63.1 Å². The maximum absolute atomic E-state index is 13.1. The second kappa shape index (κ2) is 11.9. The Labute approximate surface area is 241 Å². The lowest BCUT2D eigenvalue weighted by Gasteiger charge is -2.27. The van der Waals surface area contributed by atoms with Crippen molar-refractivity contribution in [2.75, 3.05) is 0 Å². The maximum atomic E-state index is 13.1. The lowest BCUT2D eigenvalue weighted by atomic mass is 9.97. The van der Waals surface area contributed by atoms with Crippen molar-refractivity contribution < 1.29 is 32.5 Å². The summed E-state index contributed by atoms with van der Waals surface area (Å²) in [7, 11) is 0. The topological polar surface area (TPSA) is 73.6 Å². The lowest BCUT2D eigenvalue weighted by molar-refractivity contribution is -0.274. The molecule has 0 spiro atoms. The number of aromatic carboxylic acids is 1. The number of carbonyl (C=O) groups is 1. The summed E-state index contributed by atoms with van der Waals surface area (Å²) in [6.45, 7) is 10.2. The monoisotopic (exact) mass is 584 g/mol. The van der Waals surface area contributed by atoms with Crippen LogP contribution in [-0.2, 0) is 11.4 Å². The number of para-hydroxylation sites is 2. The molecule has 4 aromatic rings. The standard InChI is InChI=1S/C31H31F3N2O4S/c1-19(2)24-17-35-36(26-11-6-7-12-28(26)40-31(32,33)34)27(24)18-39-22-13-14-25(20(3)15-22)30(4,5)41-23-10-8-9-21(16-23)29(37)38/h6-17,19H,18H2,1-5H3,(H,37,38). The van der Waals surface area contributed by atoms with Crippen LogP contribution in [0, 0.1) is 6.92 Å². The van der Waals surface area contributed by atoms with Gasteiger partial charge in [-0.15, -0.1) is 24.9 Å². The molecule has 3 aromatic carbocycles. The van der Waals surface area contributed by atoms with Gasteiger partial charge in [-0.3, -0.25) is 0 Å². The number of carboxylic acids is 1. The highest BCUT2D eigenvalue weighted by Crippen LogP contribution is 2.43. The summed E-state index contributed by atoms with van der Waals surface area (Å²) in [6.07, 6.45) is -3.20. The molecule has 10 heteroatoms. The van der Waals surface area contributed by atoms with Gasteiger partial charge >= 0.3 is 12.3 Å². The fourth-order valence-corrected chi connectivity index (χ4v) is 5.92. The summed E-state index contributed by atoms with van der Waals surface area (Å²) in [6, 6.07) is 18.5. The van der Waals surface area contributed by atoms with Crippen LogP contribution in [0.2, 0.25) is 0 Å². The number of rotatable bonds is 10. The lowest BCUT2D eigenvalue weighted by Crippen LogP contribution is -2.19. The Kier molecular flexibility index (Phi) is 8.72. The minimum absolute atomic E-state index is 0.0552. The average Bonchev–Trinajstić information content (AvgIpc) is 3.30. The van der Waals surface area contributed by atoms with E-state index in [1.165, 1.54) is 22.9 Å². The van der Waals surface area contributed by atoms with Crippen LogP contribution >= 0.6 is 11.8 Å². The minimum atomic E-state index is -4.84. The Balaban J connectivity index is 1.58. The summed E-state index contributed by atoms with van der Waals surface area (Å²) >= 11 is 1.56. The molecule has 0 amide bonds. The van der Waals surface area contributed by atoms with Crippen LogP contribution in [0.3, 0.4) is 0 Å². The second-order valence-electron chi connectivity index (χ2n) is 10.3. The van der Waals surface area contributed by atoms with Gasteiger partial charge in [0.1, 0.15) is 18.0 Å². The first-order chi connectivity index (χ1) is 19.2. The molecule has 0 unspecified atom stereocenters. The van der Waals surface area contributed by atoms with E-state index in [1.807, 2.05) is 45.0 Å². The van der Waals surface area contributed by atoms with E-state index >= 15 is 0 Å². The predicted octanol–water partition coefficient (Wildman–Crippen LogP) is 8.51. The van der Waals surface area contributed by atoms with Crippen LogP contribution in [0.5, 0.6) is 11.5 Å². The molecule has 0 atom stereocenters. The first-order valence-electron chi connectivity index (χ1n) is 12.9. The number of ether oxygens (including phenoxy) is 2. The van der Waals surface area contributed by atoms with Crippen LogP contribution in [0.25, 0.3) is 5.69 Å². The quantitative estimate of drug-likeness (QED) is 0.188. The zero-order valence-electron chi connectivity index (χ0n) is 23.3. The Bertz CT molecular complexity index is 1550. The smallest absolute Gasteiger partial charge is 0.487 e. The third-order valence-corrected chi connectivity index (χ3v) is 7.74. The predicted molar refractivity (Wildman–Crippen MR) is 152 cm³/mol. The molecule has 6 nitrogen and oxygen atoms in total. The van der Waals surface area contributed by atoms with E-state index in [2.05, 4.69) is 23.7 Å². The van der Waals surface area contributed by atoms with Gasteiger partial charge in [-0.25, -0.2) is 9.48 Å². The number of halogens is 3. The van der Waals surface area contributed by atoms with Gasteiger partial charge in [-0.1, -0.05) is 38.1 Å². The molecule has 0 saturated carbocycles. The fourth-order valence-electron chi connectivity index (χ4n) is 4.66. The number of hydrogen-bond donors (Lipinski definition) is 1. The molecule has 0 radical (unpaired) electrons. The molecule has 41 heavy (non-hydrogen) atoms. The van der Waals surface area contributed by atoms with Gasteiger partial charge in [-0.2, -0.15) is 5.10 Å². The van der Waals surface area contributed by atoms with Crippen LogP contribution in [0.15, 0.2) is 77.8 Å². The zero-order valence-corrected chi connectivity index (χ0v) is 24.1. The Morgan fingerprint density at radius 2 is 1.78 bits per heavy atom. The van der Waals surface area contributed by atoms with Gasteiger partial charge in [0.2, 0.25) is 0 Å². The molecule has 0 fully saturated rings. The first kappa shape index (κ1) is 30.0. The molecule has 1 aromatic heterocycles. The van der Waals surface area contributed by atoms with Crippen molar-refractivity contribution in [3.05, 3.63) is 101 Å². The minimum Gasteiger partial charge on any atom is -0.487 e. The fraction of sp³-hybridized carbons (Fsp3) is 0.290. The number of hydrogen-bond acceptors (Lipinski definition) is 5. The van der Waals surface area contributed by atoms with Crippen molar-refractivity contribution in [2.24, 2.45) is 0 Å². The van der Waals surface area contributed by atoms with E-state index in [9.17, 15) is 23.1 Å². The van der Waals surface area contributed by atoms with E-state index in [0.717, 1.165) is 21.6 Å². The third kappa shape index (κ3) is 7.24. The molecule has 0 bridgehead atoms. The number of thioether (sulfide) groups is 1. The van der Waals surface area contributed by atoms with Gasteiger partial charge in [0, 0.05) is 9.64 Å². The van der Waals surface area contributed by atoms with Crippen molar-refractivity contribution in [1.29, 1.82) is 0 Å². The van der Waals surface area contributed by atoms with Gasteiger partial charge in [-0.05, 0) is 85.8 Å². The number of carboxylic acid groups (broad SMARTS) is 1. The molecule has 1 N–H and O–H groups in total. The molecule has 0 aliphatic rings. The van der Waals surface area contributed by atoms with Crippen LogP contribution < -0.4 is 9.47 Å². The summed E-state index contributed by atoms with van der Waals surface area (Å²) in [4.78, 5) is 12.2. The second-order valence-corrected chi connectivity index (χ2v) is 12.0. The molecule has 216 valence electrons. The van der Waals surface area contributed by atoms with E-state index in [4.69, 9.17) is 4.74 Å². The molecular formula is C31H31F3N2O4S. The summed E-state index contributed by atoms with van der Waals surface area (Å²) in [5.41, 5.74) is 3.90. The number of alkyl halides is 3. The Morgan fingerprint density at radius 1 is 1.05 bits per heavy atom. The van der Waals surface area contributed by atoms with Crippen LogP contribution in [0.1, 0.15) is 66.4 Å². The molecule has 1 heterocycles. The van der Waals surface area contributed by atoms with Gasteiger partial charge in [0.25, 0.3) is 0 Å². The summed E-state index contributed by atoms with van der Waals surface area (Å²) < 4.78 is 50.7. The highest BCUT2D eigenvalue weighted by molar-refractivity contribution is 8.00. The van der Waals surface area contributed by atoms with Crippen molar-refractivity contribution in [1.82, 2.24) is 9.78 Å². The molecule has 0 saturated heterocycles. The first-order valence-corrected chi connectivity index (χ1v) is 13.7. The van der Waals surface area contributed by atoms with Gasteiger partial charge in [0.05, 0.1) is 17.5 Å². The van der Waals surface area contributed by atoms with Crippen LogP contribution in [0.4, 0.5) is 13.2 Å². The normalized spacial score (nSPS) is 12.0. The van der Waals surface area contributed by atoms with E-state index in [1.54, 1.807) is 42.2 Å². The zero-order chi connectivity index (χ0) is 29.9. The SMILES string of the molecule is Cc1cc(OCc2c(C(C)C)cnn2-c2ccccc2OC(F)(F)F)ccc1C(C)(C)Sc1cccc(C(=O)O)c1. The highest BCUT2D eigenvalue weighted by Gasteiger charge is 2.33. The molecular weight excluding hydrogens is 553 g/mol. The van der Waals surface area contributed by atoms with E-state index in [-0.39, 0.29) is 34.3 Å². The van der Waals surface area contributed by atoms with Gasteiger partial charge < -0.3 is 14.6 Å². The number of aromatic nitrogens is 2. The third-order valence-electron chi connectivity index (χ3n) is 6.52. The molecule has 0 aliphatic carbocycles. The summed E-state index contributed by atoms with van der Waals surface area (Å²) in [5.74, 6) is -0.670. The van der Waals surface area contributed by atoms with Crippen LogP contribution in [-0.4, -0.2) is 27.2 Å². The highest BCUT2D eigenvalue weighted by atomic mass is 32.2. The van der Waals surface area contributed by atoms with Crippen molar-refractivity contribution >= 4 is 17.7 Å².